The van der Waals surface area contributed by atoms with E-state index in [0.29, 0.717) is 18.3 Å². The van der Waals surface area contributed by atoms with Crippen molar-refractivity contribution in [2.45, 2.75) is 20.3 Å². The zero-order valence-electron chi connectivity index (χ0n) is 8.09. The van der Waals surface area contributed by atoms with Gasteiger partial charge in [-0.2, -0.15) is 0 Å². The number of hydrogen-bond acceptors (Lipinski definition) is 1. The highest BCUT2D eigenvalue weighted by molar-refractivity contribution is 5.22. The van der Waals surface area contributed by atoms with Crippen LogP contribution in [0, 0.1) is 11.7 Å². The van der Waals surface area contributed by atoms with Crippen LogP contribution >= 0.6 is 0 Å². The highest BCUT2D eigenvalue weighted by Gasteiger charge is 2.00. The molecule has 0 aromatic heterocycles. The van der Waals surface area contributed by atoms with Crippen LogP contribution in [-0.4, -0.2) is 6.61 Å². The van der Waals surface area contributed by atoms with Gasteiger partial charge in [-0.15, -0.1) is 0 Å². The molecule has 0 spiro atoms. The summed E-state index contributed by atoms with van der Waals surface area (Å²) in [6.07, 6.45) is 1.08. The molecular formula is C11H15FO. The highest BCUT2D eigenvalue weighted by Crippen LogP contribution is 2.13. The number of rotatable bonds is 4. The van der Waals surface area contributed by atoms with E-state index in [1.807, 2.05) is 0 Å². The van der Waals surface area contributed by atoms with E-state index in [9.17, 15) is 4.39 Å². The van der Waals surface area contributed by atoms with E-state index < -0.39 is 0 Å². The Balaban J connectivity index is 2.45. The zero-order chi connectivity index (χ0) is 9.68. The van der Waals surface area contributed by atoms with E-state index in [-0.39, 0.29) is 5.82 Å². The van der Waals surface area contributed by atoms with Crippen LogP contribution in [0.25, 0.3) is 0 Å². The molecule has 13 heavy (non-hydrogen) atoms. The summed E-state index contributed by atoms with van der Waals surface area (Å²) in [7, 11) is 0. The summed E-state index contributed by atoms with van der Waals surface area (Å²) in [6, 6.07) is 6.24. The molecule has 1 nitrogen and oxygen atoms in total. The second-order valence-electron chi connectivity index (χ2n) is 3.28. The number of halogens is 1. The maximum Gasteiger partial charge on any atom is 0.126 e. The zero-order valence-corrected chi connectivity index (χ0v) is 8.09. The monoisotopic (exact) mass is 182 g/mol. The Hall–Kier alpha value is -1.05. The van der Waals surface area contributed by atoms with Crippen LogP contribution in [0.4, 0.5) is 4.39 Å². The molecule has 0 bridgehead atoms. The Morgan fingerprint density at radius 3 is 2.85 bits per heavy atom. The second-order valence-corrected chi connectivity index (χ2v) is 3.28. The third-order valence-electron chi connectivity index (χ3n) is 2.03. The molecule has 2 heteroatoms. The molecule has 0 aliphatic heterocycles. The summed E-state index contributed by atoms with van der Waals surface area (Å²) in [5, 5.41) is 0. The van der Waals surface area contributed by atoms with Crippen LogP contribution < -0.4 is 4.74 Å². The van der Waals surface area contributed by atoms with Gasteiger partial charge in [0.2, 0.25) is 0 Å². The molecule has 1 atom stereocenters. The molecule has 0 aliphatic rings. The summed E-state index contributed by atoms with van der Waals surface area (Å²) in [5.41, 5.74) is 0. The normalized spacial score (nSPS) is 12.5. The molecule has 0 aliphatic carbocycles. The lowest BCUT2D eigenvalue weighted by atomic mass is 10.1. The molecule has 72 valence electrons. The van der Waals surface area contributed by atoms with Crippen molar-refractivity contribution in [3.8, 4) is 5.75 Å². The molecular weight excluding hydrogens is 167 g/mol. The van der Waals surface area contributed by atoms with Gasteiger partial charge in [0, 0.05) is 6.07 Å². The predicted octanol–water partition coefficient (Wildman–Crippen LogP) is 3.25. The Morgan fingerprint density at radius 2 is 2.23 bits per heavy atom. The number of hydrogen-bond donors (Lipinski definition) is 0. The van der Waals surface area contributed by atoms with Crippen molar-refractivity contribution in [3.63, 3.8) is 0 Å². The van der Waals surface area contributed by atoms with Crippen LogP contribution in [0.3, 0.4) is 0 Å². The molecule has 0 saturated heterocycles. The van der Waals surface area contributed by atoms with Crippen LogP contribution in [0.2, 0.25) is 0 Å². The van der Waals surface area contributed by atoms with Gasteiger partial charge >= 0.3 is 0 Å². The van der Waals surface area contributed by atoms with Crippen molar-refractivity contribution < 1.29 is 9.13 Å². The highest BCUT2D eigenvalue weighted by atomic mass is 19.1. The van der Waals surface area contributed by atoms with Gasteiger partial charge in [0.15, 0.2) is 0 Å². The van der Waals surface area contributed by atoms with E-state index >= 15 is 0 Å². The standard InChI is InChI=1S/C11H15FO/c1-3-9(2)8-13-11-6-4-5-10(12)7-11/h4-7,9H,3,8H2,1-2H3. The van der Waals surface area contributed by atoms with E-state index in [2.05, 4.69) is 13.8 Å². The van der Waals surface area contributed by atoms with Crippen LogP contribution in [0.1, 0.15) is 20.3 Å². The molecule has 0 heterocycles. The lowest BCUT2D eigenvalue weighted by molar-refractivity contribution is 0.255. The maximum atomic E-state index is 12.7. The lowest BCUT2D eigenvalue weighted by Gasteiger charge is -2.10. The SMILES string of the molecule is CCC(C)COc1cccc(F)c1. The first-order valence-electron chi connectivity index (χ1n) is 4.60. The summed E-state index contributed by atoms with van der Waals surface area (Å²) in [5.74, 6) is 0.880. The van der Waals surface area contributed by atoms with Gasteiger partial charge in [0.25, 0.3) is 0 Å². The molecule has 0 fully saturated rings. The van der Waals surface area contributed by atoms with E-state index in [1.165, 1.54) is 12.1 Å². The van der Waals surface area contributed by atoms with Crippen molar-refractivity contribution in [3.05, 3.63) is 30.1 Å². The fraction of sp³-hybridized carbons (Fsp3) is 0.455. The molecule has 1 aromatic rings. The molecule has 1 aromatic carbocycles. The van der Waals surface area contributed by atoms with Gasteiger partial charge in [-0.3, -0.25) is 0 Å². The first-order chi connectivity index (χ1) is 6.22. The molecule has 0 N–H and O–H groups in total. The van der Waals surface area contributed by atoms with E-state index in [4.69, 9.17) is 4.74 Å². The topological polar surface area (TPSA) is 9.23 Å². The number of ether oxygens (including phenoxy) is 1. The van der Waals surface area contributed by atoms with E-state index in [1.54, 1.807) is 12.1 Å². The molecule has 0 amide bonds. The Bertz CT molecular complexity index is 260. The minimum absolute atomic E-state index is 0.248. The van der Waals surface area contributed by atoms with Gasteiger partial charge in [-0.05, 0) is 18.1 Å². The molecule has 0 radical (unpaired) electrons. The van der Waals surface area contributed by atoms with Crippen molar-refractivity contribution >= 4 is 0 Å². The van der Waals surface area contributed by atoms with Crippen molar-refractivity contribution in [2.24, 2.45) is 5.92 Å². The molecule has 1 rings (SSSR count). The Labute approximate surface area is 78.5 Å². The summed E-state index contributed by atoms with van der Waals surface area (Å²) < 4.78 is 18.1. The van der Waals surface area contributed by atoms with Gasteiger partial charge in [-0.1, -0.05) is 26.3 Å². The smallest absolute Gasteiger partial charge is 0.126 e. The van der Waals surface area contributed by atoms with Crippen molar-refractivity contribution in [2.75, 3.05) is 6.61 Å². The maximum absolute atomic E-state index is 12.7. The summed E-state index contributed by atoms with van der Waals surface area (Å²) in [6.45, 7) is 4.87. The second kappa shape index (κ2) is 4.85. The summed E-state index contributed by atoms with van der Waals surface area (Å²) >= 11 is 0. The number of benzene rings is 1. The minimum Gasteiger partial charge on any atom is -0.493 e. The van der Waals surface area contributed by atoms with Crippen molar-refractivity contribution in [1.29, 1.82) is 0 Å². The minimum atomic E-state index is -0.248. The molecule has 0 saturated carbocycles. The van der Waals surface area contributed by atoms with E-state index in [0.717, 1.165) is 6.42 Å². The van der Waals surface area contributed by atoms with Crippen LogP contribution in [0.15, 0.2) is 24.3 Å². The van der Waals surface area contributed by atoms with Gasteiger partial charge in [-0.25, -0.2) is 4.39 Å². The van der Waals surface area contributed by atoms with Crippen LogP contribution in [0.5, 0.6) is 5.75 Å². The molecule has 1 unspecified atom stereocenters. The van der Waals surface area contributed by atoms with Crippen LogP contribution in [-0.2, 0) is 0 Å². The quantitative estimate of drug-likeness (QED) is 0.694. The predicted molar refractivity (Wildman–Crippen MR) is 51.4 cm³/mol. The third-order valence-corrected chi connectivity index (χ3v) is 2.03. The fourth-order valence-electron chi connectivity index (χ4n) is 0.913. The van der Waals surface area contributed by atoms with Gasteiger partial charge in [0.1, 0.15) is 11.6 Å². The first kappa shape index (κ1) is 10.0. The Morgan fingerprint density at radius 1 is 1.46 bits per heavy atom. The fourth-order valence-corrected chi connectivity index (χ4v) is 0.913. The first-order valence-corrected chi connectivity index (χ1v) is 4.60. The lowest BCUT2D eigenvalue weighted by Crippen LogP contribution is -2.07. The van der Waals surface area contributed by atoms with Crippen molar-refractivity contribution in [1.82, 2.24) is 0 Å². The average Bonchev–Trinajstić information content (AvgIpc) is 2.14. The van der Waals surface area contributed by atoms with Gasteiger partial charge in [0.05, 0.1) is 6.61 Å². The Kier molecular flexibility index (Phi) is 3.74. The largest absolute Gasteiger partial charge is 0.493 e. The third kappa shape index (κ3) is 3.45. The summed E-state index contributed by atoms with van der Waals surface area (Å²) in [4.78, 5) is 0. The van der Waals surface area contributed by atoms with Gasteiger partial charge < -0.3 is 4.74 Å². The average molecular weight is 182 g/mol.